The van der Waals surface area contributed by atoms with Gasteiger partial charge in [-0.1, -0.05) is 30.3 Å². The van der Waals surface area contributed by atoms with E-state index in [9.17, 15) is 5.26 Å². The summed E-state index contributed by atoms with van der Waals surface area (Å²) in [7, 11) is 0. The molecule has 1 aromatic heterocycles. The lowest BCUT2D eigenvalue weighted by Gasteiger charge is -2.34. The van der Waals surface area contributed by atoms with Gasteiger partial charge in [0.2, 0.25) is 0 Å². The van der Waals surface area contributed by atoms with Crippen molar-refractivity contribution >= 4 is 5.82 Å². The molecule has 0 saturated carbocycles. The van der Waals surface area contributed by atoms with E-state index in [4.69, 9.17) is 0 Å². The zero-order valence-electron chi connectivity index (χ0n) is 15.7. The van der Waals surface area contributed by atoms with Crippen molar-refractivity contribution in [3.63, 3.8) is 0 Å². The molecule has 0 radical (unpaired) electrons. The van der Waals surface area contributed by atoms with E-state index in [0.717, 1.165) is 57.1 Å². The van der Waals surface area contributed by atoms with E-state index in [1.54, 1.807) is 0 Å². The number of piperazine rings is 1. The van der Waals surface area contributed by atoms with Crippen LogP contribution >= 0.6 is 0 Å². The molecule has 1 aliphatic rings. The first-order valence-corrected chi connectivity index (χ1v) is 9.26. The van der Waals surface area contributed by atoms with Gasteiger partial charge in [0.1, 0.15) is 11.9 Å². The minimum Gasteiger partial charge on any atom is -0.368 e. The first-order valence-electron chi connectivity index (χ1n) is 9.26. The van der Waals surface area contributed by atoms with E-state index in [-0.39, 0.29) is 0 Å². The number of aromatic nitrogens is 1. The lowest BCUT2D eigenvalue weighted by Crippen LogP contribution is -2.47. The molecule has 1 saturated heterocycles. The third-order valence-corrected chi connectivity index (χ3v) is 4.89. The van der Waals surface area contributed by atoms with Crippen LogP contribution in [0.25, 0.3) is 0 Å². The highest BCUT2D eigenvalue weighted by Crippen LogP contribution is 2.17. The quantitative estimate of drug-likeness (QED) is 0.869. The Morgan fingerprint density at radius 3 is 2.46 bits per heavy atom. The van der Waals surface area contributed by atoms with Crippen LogP contribution in [0.15, 0.2) is 36.4 Å². The van der Waals surface area contributed by atoms with Crippen LogP contribution in [0.5, 0.6) is 0 Å². The summed E-state index contributed by atoms with van der Waals surface area (Å²) in [4.78, 5) is 9.47. The minimum absolute atomic E-state index is 0.656. The van der Waals surface area contributed by atoms with E-state index in [0.29, 0.717) is 11.4 Å². The Balaban J connectivity index is 1.44. The third kappa shape index (κ3) is 4.81. The second kappa shape index (κ2) is 8.79. The Hall–Kier alpha value is -2.42. The molecule has 0 aliphatic carbocycles. The summed E-state index contributed by atoms with van der Waals surface area (Å²) in [5.74, 6) is 0.715. The fourth-order valence-corrected chi connectivity index (χ4v) is 3.45. The number of pyridine rings is 1. The Morgan fingerprint density at radius 1 is 1.08 bits per heavy atom. The number of nitriles is 1. The van der Waals surface area contributed by atoms with E-state index in [2.05, 4.69) is 56.5 Å². The monoisotopic (exact) mass is 349 g/mol. The Morgan fingerprint density at radius 2 is 1.77 bits per heavy atom. The van der Waals surface area contributed by atoms with E-state index in [1.807, 2.05) is 19.9 Å². The van der Waals surface area contributed by atoms with Crippen molar-refractivity contribution in [3.8, 4) is 6.07 Å². The lowest BCUT2D eigenvalue weighted by atomic mass is 10.1. The van der Waals surface area contributed by atoms with Crippen molar-refractivity contribution in [2.24, 2.45) is 0 Å². The van der Waals surface area contributed by atoms with Crippen LogP contribution in [0.3, 0.4) is 0 Å². The normalized spacial score (nSPS) is 15.6. The maximum absolute atomic E-state index is 9.34. The largest absolute Gasteiger partial charge is 0.368 e. The van der Waals surface area contributed by atoms with Gasteiger partial charge >= 0.3 is 0 Å². The van der Waals surface area contributed by atoms with Crippen LogP contribution in [0.4, 0.5) is 5.82 Å². The van der Waals surface area contributed by atoms with Gasteiger partial charge in [0.15, 0.2) is 0 Å². The number of anilines is 1. The smallest absolute Gasteiger partial charge is 0.144 e. The highest BCUT2D eigenvalue weighted by Gasteiger charge is 2.17. The van der Waals surface area contributed by atoms with E-state index in [1.165, 1.54) is 5.56 Å². The van der Waals surface area contributed by atoms with Gasteiger partial charge in [0.25, 0.3) is 0 Å². The number of aryl methyl sites for hydroxylation is 2. The van der Waals surface area contributed by atoms with Crippen LogP contribution in [0.1, 0.15) is 22.4 Å². The second-order valence-electron chi connectivity index (χ2n) is 6.95. The zero-order chi connectivity index (χ0) is 18.4. The summed E-state index contributed by atoms with van der Waals surface area (Å²) in [5.41, 5.74) is 3.96. The molecule has 0 atom stereocenters. The molecule has 136 valence electrons. The molecule has 26 heavy (non-hydrogen) atoms. The van der Waals surface area contributed by atoms with Crippen molar-refractivity contribution < 1.29 is 0 Å². The van der Waals surface area contributed by atoms with Crippen molar-refractivity contribution in [1.82, 2.24) is 14.8 Å². The first kappa shape index (κ1) is 18.4. The van der Waals surface area contributed by atoms with Gasteiger partial charge in [0, 0.05) is 51.5 Å². The van der Waals surface area contributed by atoms with Crippen molar-refractivity contribution in [2.45, 2.75) is 20.4 Å². The SMILES string of the molecule is Cc1cc(C)c(C#N)c(NCCN2CCN(Cc3ccccc3)CC2)n1. The Labute approximate surface area is 156 Å². The molecule has 1 aromatic carbocycles. The highest BCUT2D eigenvalue weighted by atomic mass is 15.3. The molecule has 1 fully saturated rings. The standard InChI is InChI=1S/C21H27N5/c1-17-14-18(2)24-21(20(17)15-22)23-8-9-25-10-12-26(13-11-25)16-19-6-4-3-5-7-19/h3-7,14H,8-13,16H2,1-2H3,(H,23,24). The molecule has 0 unspecified atom stereocenters. The van der Waals surface area contributed by atoms with Crippen LogP contribution in [-0.2, 0) is 6.54 Å². The average Bonchev–Trinajstić information content (AvgIpc) is 2.64. The van der Waals surface area contributed by atoms with Crippen LogP contribution < -0.4 is 5.32 Å². The predicted octanol–water partition coefficient (Wildman–Crippen LogP) is 2.80. The second-order valence-corrected chi connectivity index (χ2v) is 6.95. The first-order chi connectivity index (χ1) is 12.7. The number of benzene rings is 1. The van der Waals surface area contributed by atoms with E-state index < -0.39 is 0 Å². The molecule has 2 heterocycles. The van der Waals surface area contributed by atoms with Gasteiger partial charge in [-0.05, 0) is 31.0 Å². The van der Waals surface area contributed by atoms with Crippen LogP contribution in [0, 0.1) is 25.2 Å². The fraction of sp³-hybridized carbons (Fsp3) is 0.429. The molecular weight excluding hydrogens is 322 g/mol. The number of hydrogen-bond acceptors (Lipinski definition) is 5. The van der Waals surface area contributed by atoms with Crippen LogP contribution in [-0.4, -0.2) is 54.1 Å². The predicted molar refractivity (Wildman–Crippen MR) is 105 cm³/mol. The van der Waals surface area contributed by atoms with Gasteiger partial charge in [-0.25, -0.2) is 4.98 Å². The molecule has 0 bridgehead atoms. The van der Waals surface area contributed by atoms with Gasteiger partial charge in [-0.2, -0.15) is 5.26 Å². The summed E-state index contributed by atoms with van der Waals surface area (Å²) in [5, 5.41) is 12.7. The minimum atomic E-state index is 0.656. The van der Waals surface area contributed by atoms with Gasteiger partial charge < -0.3 is 5.32 Å². The van der Waals surface area contributed by atoms with E-state index >= 15 is 0 Å². The fourth-order valence-electron chi connectivity index (χ4n) is 3.45. The Bertz CT molecular complexity index is 758. The molecule has 1 aliphatic heterocycles. The maximum Gasteiger partial charge on any atom is 0.144 e. The number of nitrogens with zero attached hydrogens (tertiary/aromatic N) is 4. The molecule has 5 nitrogen and oxygen atoms in total. The summed E-state index contributed by atoms with van der Waals surface area (Å²) in [6.07, 6.45) is 0. The summed E-state index contributed by atoms with van der Waals surface area (Å²) in [6.45, 7) is 11.1. The zero-order valence-corrected chi connectivity index (χ0v) is 15.7. The molecule has 0 spiro atoms. The van der Waals surface area contributed by atoms with Crippen molar-refractivity contribution in [1.29, 1.82) is 5.26 Å². The summed E-state index contributed by atoms with van der Waals surface area (Å²) < 4.78 is 0. The molecule has 2 aromatic rings. The maximum atomic E-state index is 9.34. The number of nitrogens with one attached hydrogen (secondary N) is 1. The van der Waals surface area contributed by atoms with Crippen molar-refractivity contribution in [2.75, 3.05) is 44.6 Å². The third-order valence-electron chi connectivity index (χ3n) is 4.89. The van der Waals surface area contributed by atoms with Gasteiger partial charge in [-0.15, -0.1) is 0 Å². The van der Waals surface area contributed by atoms with Gasteiger partial charge in [-0.3, -0.25) is 9.80 Å². The van der Waals surface area contributed by atoms with Crippen LogP contribution in [0.2, 0.25) is 0 Å². The molecule has 1 N–H and O–H groups in total. The summed E-state index contributed by atoms with van der Waals surface area (Å²) >= 11 is 0. The lowest BCUT2D eigenvalue weighted by molar-refractivity contribution is 0.130. The molecular formula is C21H27N5. The average molecular weight is 349 g/mol. The number of rotatable bonds is 6. The highest BCUT2D eigenvalue weighted by molar-refractivity contribution is 5.56. The molecule has 0 amide bonds. The van der Waals surface area contributed by atoms with Crippen molar-refractivity contribution in [3.05, 3.63) is 58.8 Å². The topological polar surface area (TPSA) is 55.2 Å². The molecule has 5 heteroatoms. The Kier molecular flexibility index (Phi) is 6.21. The number of hydrogen-bond donors (Lipinski definition) is 1. The summed E-state index contributed by atoms with van der Waals surface area (Å²) in [6, 6.07) is 14.9. The molecule has 3 rings (SSSR count). The van der Waals surface area contributed by atoms with Gasteiger partial charge in [0.05, 0.1) is 5.56 Å².